The number of halogens is 1. The Hall–Kier alpha value is -2.97. The van der Waals surface area contributed by atoms with E-state index in [-0.39, 0.29) is 5.82 Å². The third kappa shape index (κ3) is 6.01. The van der Waals surface area contributed by atoms with E-state index in [1.165, 1.54) is 34.8 Å². The average molecular weight is 422 g/mol. The van der Waals surface area contributed by atoms with E-state index < -0.39 is 0 Å². The van der Waals surface area contributed by atoms with Gasteiger partial charge in [-0.05, 0) is 65.7 Å². The van der Waals surface area contributed by atoms with Gasteiger partial charge in [0.15, 0.2) is 0 Å². The summed E-state index contributed by atoms with van der Waals surface area (Å²) in [6.45, 7) is 12.0. The van der Waals surface area contributed by atoms with Crippen molar-refractivity contribution >= 4 is 26.3 Å². The van der Waals surface area contributed by atoms with E-state index in [0.29, 0.717) is 11.4 Å². The number of aryl methyl sites for hydroxylation is 2. The minimum atomic E-state index is -0.299. The van der Waals surface area contributed by atoms with Crippen molar-refractivity contribution in [3.63, 3.8) is 0 Å². The third-order valence-electron chi connectivity index (χ3n) is 4.71. The summed E-state index contributed by atoms with van der Waals surface area (Å²) in [5.41, 5.74) is 9.34. The largest absolute Gasteiger partial charge is 0.388 e. The molecular formula is C25H29FN3P. The molecule has 0 aliphatic heterocycles. The number of nitrogens with one attached hydrogen (secondary N) is 2. The van der Waals surface area contributed by atoms with Crippen molar-refractivity contribution in [3.05, 3.63) is 107 Å². The van der Waals surface area contributed by atoms with Crippen LogP contribution < -0.4 is 16.0 Å². The van der Waals surface area contributed by atoms with Gasteiger partial charge in [-0.2, -0.15) is 5.10 Å². The molecule has 0 amide bonds. The molecule has 0 spiro atoms. The molecule has 0 saturated carbocycles. The number of likely N-dealkylation sites (N-methyl/N-ethyl adjacent to an activating group) is 1. The summed E-state index contributed by atoms with van der Waals surface area (Å²) in [5, 5.41) is 8.69. The van der Waals surface area contributed by atoms with E-state index in [0.717, 1.165) is 23.1 Å². The van der Waals surface area contributed by atoms with E-state index in [9.17, 15) is 4.39 Å². The van der Waals surface area contributed by atoms with Crippen molar-refractivity contribution in [2.24, 2.45) is 5.10 Å². The Balaban J connectivity index is 2.49. The molecule has 3 nitrogen and oxygen atoms in total. The molecule has 0 fully saturated rings. The van der Waals surface area contributed by atoms with Crippen LogP contribution in [0.15, 0.2) is 84.3 Å². The summed E-state index contributed by atoms with van der Waals surface area (Å²) < 4.78 is 13.4. The highest BCUT2D eigenvalue weighted by molar-refractivity contribution is 7.27. The molecule has 2 aromatic rings. The minimum Gasteiger partial charge on any atom is -0.388 e. The van der Waals surface area contributed by atoms with Crippen LogP contribution in [0.5, 0.6) is 0 Å². The van der Waals surface area contributed by atoms with Gasteiger partial charge in [0, 0.05) is 30.1 Å². The average Bonchev–Trinajstić information content (AvgIpc) is 2.75. The maximum atomic E-state index is 13.4. The van der Waals surface area contributed by atoms with E-state index >= 15 is 0 Å². The fraction of sp³-hybridized carbons (Fsp3) is 0.160. The van der Waals surface area contributed by atoms with Crippen molar-refractivity contribution in [2.45, 2.75) is 20.3 Å². The van der Waals surface area contributed by atoms with Gasteiger partial charge in [0.2, 0.25) is 0 Å². The highest BCUT2D eigenvalue weighted by Crippen LogP contribution is 2.18. The fourth-order valence-corrected chi connectivity index (χ4v) is 3.46. The summed E-state index contributed by atoms with van der Waals surface area (Å²) in [4.78, 5) is 0. The fourth-order valence-electron chi connectivity index (χ4n) is 2.99. The Kier molecular flexibility index (Phi) is 8.76. The lowest BCUT2D eigenvalue weighted by molar-refractivity contribution is 0.628. The molecule has 156 valence electrons. The Morgan fingerprint density at radius 2 is 1.93 bits per heavy atom. The molecule has 30 heavy (non-hydrogen) atoms. The standard InChI is InChI=1S/C25H29FN3P/c1-6-19-15-17(3)21(16-24(19)30)9-8-10-23(18(4)27-5)25(29-28-7-2)20-11-13-22(26)14-12-20/h7-16,27-28H,2,4,6,30H2,1,3,5H3/b9-8+,23-10+,29-25-. The second kappa shape index (κ2) is 11.3. The van der Waals surface area contributed by atoms with Gasteiger partial charge in [-0.3, -0.25) is 5.43 Å². The smallest absolute Gasteiger partial charge is 0.123 e. The third-order valence-corrected chi connectivity index (χ3v) is 5.25. The Morgan fingerprint density at radius 1 is 1.23 bits per heavy atom. The first kappa shape index (κ1) is 23.3. The quantitative estimate of drug-likeness (QED) is 0.259. The van der Waals surface area contributed by atoms with Gasteiger partial charge in [-0.25, -0.2) is 4.39 Å². The number of benzene rings is 2. The lowest BCUT2D eigenvalue weighted by Crippen LogP contribution is -2.17. The van der Waals surface area contributed by atoms with Crippen molar-refractivity contribution in [2.75, 3.05) is 7.05 Å². The monoisotopic (exact) mass is 421 g/mol. The summed E-state index contributed by atoms with van der Waals surface area (Å²) >= 11 is 0. The maximum Gasteiger partial charge on any atom is 0.123 e. The van der Waals surface area contributed by atoms with E-state index in [1.807, 2.05) is 12.2 Å². The van der Waals surface area contributed by atoms with Crippen LogP contribution in [0.4, 0.5) is 4.39 Å². The van der Waals surface area contributed by atoms with Crippen LogP contribution in [0.2, 0.25) is 0 Å². The first-order chi connectivity index (χ1) is 14.4. The summed E-state index contributed by atoms with van der Waals surface area (Å²) in [6.07, 6.45) is 8.47. The molecule has 1 atom stereocenters. The van der Waals surface area contributed by atoms with E-state index in [2.05, 4.69) is 70.3 Å². The topological polar surface area (TPSA) is 36.4 Å². The molecule has 2 N–H and O–H groups in total. The number of rotatable bonds is 9. The number of hydrogen-bond acceptors (Lipinski definition) is 3. The van der Waals surface area contributed by atoms with Gasteiger partial charge in [0.05, 0.1) is 5.71 Å². The summed E-state index contributed by atoms with van der Waals surface area (Å²) in [6, 6.07) is 10.6. The Morgan fingerprint density at radius 3 is 2.53 bits per heavy atom. The first-order valence-electron chi connectivity index (χ1n) is 9.76. The van der Waals surface area contributed by atoms with Gasteiger partial charge >= 0.3 is 0 Å². The molecule has 0 radical (unpaired) electrons. The lowest BCUT2D eigenvalue weighted by Gasteiger charge is -2.14. The summed E-state index contributed by atoms with van der Waals surface area (Å²) in [5.74, 6) is -0.299. The second-order valence-electron chi connectivity index (χ2n) is 6.73. The van der Waals surface area contributed by atoms with Crippen LogP contribution in [0.25, 0.3) is 6.08 Å². The van der Waals surface area contributed by atoms with E-state index in [4.69, 9.17) is 0 Å². The molecule has 2 aromatic carbocycles. The second-order valence-corrected chi connectivity index (χ2v) is 7.35. The zero-order chi connectivity index (χ0) is 22.1. The normalized spacial score (nSPS) is 12.2. The number of hydrogen-bond donors (Lipinski definition) is 2. The van der Waals surface area contributed by atoms with Crippen molar-refractivity contribution in [3.8, 4) is 0 Å². The summed E-state index contributed by atoms with van der Waals surface area (Å²) in [7, 11) is 4.61. The number of nitrogens with zero attached hydrogens (tertiary/aromatic N) is 1. The van der Waals surface area contributed by atoms with Crippen LogP contribution in [-0.2, 0) is 6.42 Å². The molecule has 0 heterocycles. The number of allylic oxidation sites excluding steroid dienone is 3. The van der Waals surface area contributed by atoms with Gasteiger partial charge < -0.3 is 5.32 Å². The van der Waals surface area contributed by atoms with Gasteiger partial charge in [0.1, 0.15) is 5.82 Å². The number of hydrazone groups is 1. The molecule has 0 aromatic heterocycles. The molecule has 0 aliphatic rings. The van der Waals surface area contributed by atoms with Crippen LogP contribution in [0.1, 0.15) is 29.2 Å². The first-order valence-corrected chi connectivity index (χ1v) is 10.3. The SMILES string of the molecule is C=CN\N=C(/C(=C/C=C/c1cc(P)c(CC)cc1C)C(=C)NC)c1ccc(F)cc1. The molecule has 1 unspecified atom stereocenters. The van der Waals surface area contributed by atoms with Crippen molar-refractivity contribution in [1.82, 2.24) is 10.7 Å². The van der Waals surface area contributed by atoms with Gasteiger partial charge in [-0.15, -0.1) is 9.24 Å². The van der Waals surface area contributed by atoms with Crippen LogP contribution in [0, 0.1) is 12.7 Å². The molecule has 0 bridgehead atoms. The molecule has 0 aliphatic carbocycles. The zero-order valence-corrected chi connectivity index (χ0v) is 19.0. The molecule has 5 heteroatoms. The van der Waals surface area contributed by atoms with Gasteiger partial charge in [-0.1, -0.05) is 44.4 Å². The van der Waals surface area contributed by atoms with Crippen LogP contribution in [0.3, 0.4) is 0 Å². The molecule has 2 rings (SSSR count). The highest BCUT2D eigenvalue weighted by atomic mass is 31.0. The van der Waals surface area contributed by atoms with Crippen LogP contribution >= 0.6 is 9.24 Å². The van der Waals surface area contributed by atoms with Gasteiger partial charge in [0.25, 0.3) is 0 Å². The van der Waals surface area contributed by atoms with Crippen molar-refractivity contribution < 1.29 is 4.39 Å². The van der Waals surface area contributed by atoms with Crippen molar-refractivity contribution in [1.29, 1.82) is 0 Å². The Labute approximate surface area is 181 Å². The minimum absolute atomic E-state index is 0.299. The maximum absolute atomic E-state index is 13.4. The van der Waals surface area contributed by atoms with Crippen LogP contribution in [-0.4, -0.2) is 12.8 Å². The predicted molar refractivity (Wildman–Crippen MR) is 131 cm³/mol. The lowest BCUT2D eigenvalue weighted by atomic mass is 9.99. The zero-order valence-electron chi connectivity index (χ0n) is 17.8. The Bertz CT molecular complexity index is 1000. The molecular weight excluding hydrogens is 392 g/mol. The molecule has 0 saturated heterocycles. The van der Waals surface area contributed by atoms with E-state index in [1.54, 1.807) is 19.2 Å². The highest BCUT2D eigenvalue weighted by Gasteiger charge is 2.13. The predicted octanol–water partition coefficient (Wildman–Crippen LogP) is 5.01.